The van der Waals surface area contributed by atoms with Crippen LogP contribution in [0.3, 0.4) is 0 Å². The van der Waals surface area contributed by atoms with E-state index in [2.05, 4.69) is 32.2 Å². The molecule has 0 atom stereocenters. The molecule has 5 rings (SSSR count). The van der Waals surface area contributed by atoms with Crippen molar-refractivity contribution in [2.45, 2.75) is 13.8 Å². The molecule has 1 saturated heterocycles. The van der Waals surface area contributed by atoms with Crippen molar-refractivity contribution in [1.82, 2.24) is 25.1 Å². The Hall–Kier alpha value is -3.55. The second-order valence-corrected chi connectivity index (χ2v) is 7.49. The summed E-state index contributed by atoms with van der Waals surface area (Å²) in [4.78, 5) is 23.9. The van der Waals surface area contributed by atoms with Crippen molar-refractivity contribution in [3.63, 3.8) is 0 Å². The van der Waals surface area contributed by atoms with Gasteiger partial charge < -0.3 is 19.5 Å². The molecule has 0 saturated carbocycles. The highest BCUT2D eigenvalue weighted by atomic mass is 16.5. The molecule has 0 radical (unpaired) electrons. The number of hydrogen-bond donors (Lipinski definition) is 2. The molecule has 30 heavy (non-hydrogen) atoms. The summed E-state index contributed by atoms with van der Waals surface area (Å²) in [5.41, 5.74) is 4.71. The van der Waals surface area contributed by atoms with E-state index < -0.39 is 0 Å². The highest BCUT2D eigenvalue weighted by molar-refractivity contribution is 5.94. The van der Waals surface area contributed by atoms with Crippen molar-refractivity contribution in [3.05, 3.63) is 36.4 Å². The number of H-pyrrole nitrogens is 2. The molecule has 0 aliphatic carbocycles. The van der Waals surface area contributed by atoms with Gasteiger partial charge in [0.2, 0.25) is 5.91 Å². The Morgan fingerprint density at radius 2 is 1.93 bits per heavy atom. The lowest BCUT2D eigenvalue weighted by molar-refractivity contribution is -0.129. The van der Waals surface area contributed by atoms with Gasteiger partial charge in [-0.15, -0.1) is 0 Å². The molecule has 1 aliphatic rings. The maximum absolute atomic E-state index is 11.6. The van der Waals surface area contributed by atoms with Gasteiger partial charge in [0, 0.05) is 44.2 Å². The van der Waals surface area contributed by atoms with E-state index in [0.717, 1.165) is 71.1 Å². The molecule has 1 amide bonds. The second kappa shape index (κ2) is 7.37. The SMILES string of the molecule is CCOc1ccc2[nH]nc(-c3nc4ccc(N5CCN(C(C)=O)CC5)cc4[nH]3)c2c1. The van der Waals surface area contributed by atoms with Gasteiger partial charge in [-0.2, -0.15) is 5.10 Å². The van der Waals surface area contributed by atoms with Gasteiger partial charge in [-0.1, -0.05) is 0 Å². The predicted molar refractivity (Wildman–Crippen MR) is 117 cm³/mol. The number of carbonyl (C=O) groups excluding carboxylic acids is 1. The average molecular weight is 404 g/mol. The van der Waals surface area contributed by atoms with Crippen LogP contribution < -0.4 is 9.64 Å². The first-order chi connectivity index (χ1) is 14.6. The van der Waals surface area contributed by atoms with Gasteiger partial charge in [0.15, 0.2) is 5.82 Å². The lowest BCUT2D eigenvalue weighted by atomic mass is 10.2. The summed E-state index contributed by atoms with van der Waals surface area (Å²) in [7, 11) is 0. The minimum atomic E-state index is 0.141. The quantitative estimate of drug-likeness (QED) is 0.545. The maximum atomic E-state index is 11.6. The molecule has 8 nitrogen and oxygen atoms in total. The third-order valence-corrected chi connectivity index (χ3v) is 5.63. The van der Waals surface area contributed by atoms with Crippen LogP contribution in [0.4, 0.5) is 5.69 Å². The molecular weight excluding hydrogens is 380 g/mol. The number of anilines is 1. The number of hydrogen-bond acceptors (Lipinski definition) is 5. The van der Waals surface area contributed by atoms with Gasteiger partial charge >= 0.3 is 0 Å². The molecule has 0 unspecified atom stereocenters. The van der Waals surface area contributed by atoms with Crippen molar-refractivity contribution in [2.24, 2.45) is 0 Å². The van der Waals surface area contributed by atoms with E-state index in [0.29, 0.717) is 6.61 Å². The number of ether oxygens (including phenoxy) is 1. The molecule has 3 heterocycles. The number of imidazole rings is 1. The highest BCUT2D eigenvalue weighted by Gasteiger charge is 2.20. The van der Waals surface area contributed by atoms with Crippen LogP contribution in [0.2, 0.25) is 0 Å². The average Bonchev–Trinajstić information content (AvgIpc) is 3.37. The molecule has 1 fully saturated rings. The van der Waals surface area contributed by atoms with Crippen molar-refractivity contribution < 1.29 is 9.53 Å². The first-order valence-electron chi connectivity index (χ1n) is 10.2. The fourth-order valence-electron chi connectivity index (χ4n) is 4.02. The van der Waals surface area contributed by atoms with E-state index in [-0.39, 0.29) is 5.91 Å². The molecule has 0 bridgehead atoms. The number of fused-ring (bicyclic) bond motifs is 2. The molecule has 8 heteroatoms. The van der Waals surface area contributed by atoms with Crippen LogP contribution in [0.25, 0.3) is 33.5 Å². The highest BCUT2D eigenvalue weighted by Crippen LogP contribution is 2.30. The van der Waals surface area contributed by atoms with Gasteiger partial charge in [-0.25, -0.2) is 4.98 Å². The lowest BCUT2D eigenvalue weighted by Crippen LogP contribution is -2.48. The van der Waals surface area contributed by atoms with Crippen LogP contribution in [0.1, 0.15) is 13.8 Å². The number of aromatic amines is 2. The van der Waals surface area contributed by atoms with E-state index >= 15 is 0 Å². The fraction of sp³-hybridized carbons (Fsp3) is 0.318. The van der Waals surface area contributed by atoms with Crippen LogP contribution in [-0.2, 0) is 4.79 Å². The Morgan fingerprint density at radius 3 is 2.70 bits per heavy atom. The number of amides is 1. The largest absolute Gasteiger partial charge is 0.494 e. The standard InChI is InChI=1S/C22H24N6O2/c1-3-30-16-5-7-18-17(13-16)21(26-25-18)22-23-19-6-4-15(12-20(19)24-22)28-10-8-27(9-11-28)14(2)29/h4-7,12-13H,3,8-11H2,1-2H3,(H,23,24)(H,25,26). The number of nitrogens with one attached hydrogen (secondary N) is 2. The summed E-state index contributed by atoms with van der Waals surface area (Å²) in [6.07, 6.45) is 0. The molecule has 0 spiro atoms. The third kappa shape index (κ3) is 3.24. The molecule has 4 aromatic rings. The van der Waals surface area contributed by atoms with Crippen LogP contribution in [-0.4, -0.2) is 63.8 Å². The zero-order chi connectivity index (χ0) is 20.7. The first-order valence-corrected chi connectivity index (χ1v) is 10.2. The Bertz CT molecular complexity index is 1220. The molecule has 154 valence electrons. The molecule has 2 aromatic carbocycles. The summed E-state index contributed by atoms with van der Waals surface area (Å²) in [6.45, 7) is 7.38. The Morgan fingerprint density at radius 1 is 1.10 bits per heavy atom. The van der Waals surface area contributed by atoms with Gasteiger partial charge in [-0.3, -0.25) is 9.89 Å². The number of carbonyl (C=O) groups is 1. The third-order valence-electron chi connectivity index (χ3n) is 5.63. The summed E-state index contributed by atoms with van der Waals surface area (Å²) in [5.74, 6) is 1.68. The topological polar surface area (TPSA) is 90.1 Å². The van der Waals surface area contributed by atoms with Gasteiger partial charge in [-0.05, 0) is 43.3 Å². The van der Waals surface area contributed by atoms with Crippen LogP contribution >= 0.6 is 0 Å². The molecule has 2 aromatic heterocycles. The van der Waals surface area contributed by atoms with Crippen molar-refractivity contribution in [2.75, 3.05) is 37.7 Å². The fourth-order valence-corrected chi connectivity index (χ4v) is 4.02. The Balaban J connectivity index is 1.45. The second-order valence-electron chi connectivity index (χ2n) is 7.49. The Kier molecular flexibility index (Phi) is 4.54. The number of aromatic nitrogens is 4. The van der Waals surface area contributed by atoms with Gasteiger partial charge in [0.1, 0.15) is 11.4 Å². The number of nitrogens with zero attached hydrogens (tertiary/aromatic N) is 4. The van der Waals surface area contributed by atoms with Gasteiger partial charge in [0.25, 0.3) is 0 Å². The molecule has 2 N–H and O–H groups in total. The van der Waals surface area contributed by atoms with Crippen LogP contribution in [0.15, 0.2) is 36.4 Å². The summed E-state index contributed by atoms with van der Waals surface area (Å²) in [6, 6.07) is 12.1. The minimum absolute atomic E-state index is 0.141. The van der Waals surface area contributed by atoms with E-state index in [9.17, 15) is 4.79 Å². The molecule has 1 aliphatic heterocycles. The van der Waals surface area contributed by atoms with Crippen molar-refractivity contribution in [3.8, 4) is 17.3 Å². The smallest absolute Gasteiger partial charge is 0.219 e. The monoisotopic (exact) mass is 404 g/mol. The van der Waals surface area contributed by atoms with E-state index in [1.54, 1.807) is 6.92 Å². The summed E-state index contributed by atoms with van der Waals surface area (Å²) in [5, 5.41) is 8.52. The van der Waals surface area contributed by atoms with Crippen molar-refractivity contribution in [1.29, 1.82) is 0 Å². The van der Waals surface area contributed by atoms with E-state index in [4.69, 9.17) is 9.72 Å². The lowest BCUT2D eigenvalue weighted by Gasteiger charge is -2.35. The normalized spacial score (nSPS) is 14.6. The minimum Gasteiger partial charge on any atom is -0.494 e. The Labute approximate surface area is 173 Å². The van der Waals surface area contributed by atoms with Crippen molar-refractivity contribution >= 4 is 33.5 Å². The zero-order valence-electron chi connectivity index (χ0n) is 17.1. The summed E-state index contributed by atoms with van der Waals surface area (Å²) >= 11 is 0. The number of rotatable bonds is 4. The van der Waals surface area contributed by atoms with E-state index in [1.807, 2.05) is 36.1 Å². The van der Waals surface area contributed by atoms with Crippen LogP contribution in [0, 0.1) is 0 Å². The molecular formula is C22H24N6O2. The first kappa shape index (κ1) is 18.5. The number of piperazine rings is 1. The number of benzene rings is 2. The predicted octanol–water partition coefficient (Wildman–Crippen LogP) is 3.17. The summed E-state index contributed by atoms with van der Waals surface area (Å²) < 4.78 is 5.64. The zero-order valence-corrected chi connectivity index (χ0v) is 17.1. The van der Waals surface area contributed by atoms with Gasteiger partial charge in [0.05, 0.1) is 23.2 Å². The van der Waals surface area contributed by atoms with E-state index in [1.165, 1.54) is 0 Å². The van der Waals surface area contributed by atoms with Crippen LogP contribution in [0.5, 0.6) is 5.75 Å². The maximum Gasteiger partial charge on any atom is 0.219 e.